The molecule has 2 heterocycles. The van der Waals surface area contributed by atoms with Crippen molar-refractivity contribution in [3.63, 3.8) is 0 Å². The first-order valence-corrected chi connectivity index (χ1v) is 8.80. The number of esters is 1. The van der Waals surface area contributed by atoms with Gasteiger partial charge < -0.3 is 4.74 Å². The van der Waals surface area contributed by atoms with Crippen molar-refractivity contribution in [2.24, 2.45) is 0 Å². The monoisotopic (exact) mass is 391 g/mol. The average molecular weight is 391 g/mol. The van der Waals surface area contributed by atoms with Crippen molar-refractivity contribution in [3.8, 4) is 11.3 Å². The Hall–Kier alpha value is -2.90. The Kier molecular flexibility index (Phi) is 5.14. The van der Waals surface area contributed by atoms with Gasteiger partial charge in [-0.2, -0.15) is 18.3 Å². The van der Waals surface area contributed by atoms with Gasteiger partial charge in [0.1, 0.15) is 6.54 Å². The molecule has 8 heteroatoms. The van der Waals surface area contributed by atoms with Crippen LogP contribution in [0.3, 0.4) is 0 Å². The Morgan fingerprint density at radius 3 is 2.46 bits per heavy atom. The van der Waals surface area contributed by atoms with Gasteiger partial charge in [0, 0.05) is 5.56 Å². The third-order valence-electron chi connectivity index (χ3n) is 4.57. The van der Waals surface area contributed by atoms with Gasteiger partial charge >= 0.3 is 12.1 Å². The van der Waals surface area contributed by atoms with Crippen molar-refractivity contribution in [3.05, 3.63) is 46.6 Å². The number of alkyl halides is 3. The van der Waals surface area contributed by atoms with Crippen LogP contribution in [0, 0.1) is 20.8 Å². The maximum Gasteiger partial charge on any atom is 0.417 e. The molecule has 0 saturated heterocycles. The molecule has 3 rings (SSSR count). The van der Waals surface area contributed by atoms with Gasteiger partial charge in [0.25, 0.3) is 0 Å². The fourth-order valence-electron chi connectivity index (χ4n) is 3.06. The smallest absolute Gasteiger partial charge is 0.417 e. The second-order valence-corrected chi connectivity index (χ2v) is 6.60. The van der Waals surface area contributed by atoms with Crippen LogP contribution in [0.2, 0.25) is 0 Å². The van der Waals surface area contributed by atoms with Gasteiger partial charge in [0.2, 0.25) is 0 Å². The van der Waals surface area contributed by atoms with Crippen molar-refractivity contribution in [2.75, 3.05) is 6.61 Å². The molecular weight excluding hydrogens is 371 g/mol. The first-order chi connectivity index (χ1) is 13.1. The summed E-state index contributed by atoms with van der Waals surface area (Å²) in [6.45, 7) is 6.80. The number of halogens is 3. The minimum Gasteiger partial charge on any atom is -0.465 e. The Morgan fingerprint density at radius 2 is 1.86 bits per heavy atom. The third-order valence-corrected chi connectivity index (χ3v) is 4.57. The summed E-state index contributed by atoms with van der Waals surface area (Å²) in [6.07, 6.45) is -4.59. The highest BCUT2D eigenvalue weighted by atomic mass is 19.4. The van der Waals surface area contributed by atoms with E-state index in [9.17, 15) is 18.0 Å². The van der Waals surface area contributed by atoms with E-state index in [0.29, 0.717) is 5.56 Å². The van der Waals surface area contributed by atoms with E-state index >= 15 is 0 Å². The lowest BCUT2D eigenvalue weighted by Crippen LogP contribution is -2.15. The van der Waals surface area contributed by atoms with Gasteiger partial charge in [0.15, 0.2) is 5.65 Å². The number of carbonyl (C=O) groups excluding carboxylic acids is 1. The van der Waals surface area contributed by atoms with Crippen molar-refractivity contribution < 1.29 is 22.7 Å². The molecule has 0 fully saturated rings. The zero-order valence-corrected chi connectivity index (χ0v) is 16.0. The number of fused-ring (bicyclic) bond motifs is 1. The van der Waals surface area contributed by atoms with E-state index in [4.69, 9.17) is 4.74 Å². The molecule has 0 aliphatic rings. The summed E-state index contributed by atoms with van der Waals surface area (Å²) in [5.74, 6) is -0.584. The molecule has 0 radical (unpaired) electrons. The first kappa shape index (κ1) is 19.9. The molecule has 0 atom stereocenters. The van der Waals surface area contributed by atoms with Crippen LogP contribution >= 0.6 is 0 Å². The fourth-order valence-corrected chi connectivity index (χ4v) is 3.06. The molecule has 0 unspecified atom stereocenters. The molecule has 2 aromatic heterocycles. The lowest BCUT2D eigenvalue weighted by atomic mass is 10.0. The predicted molar refractivity (Wildman–Crippen MR) is 98.8 cm³/mol. The molecule has 0 amide bonds. The second-order valence-electron chi connectivity index (χ2n) is 6.60. The van der Waals surface area contributed by atoms with Gasteiger partial charge in [-0.05, 0) is 51.0 Å². The van der Waals surface area contributed by atoms with Crippen LogP contribution in [0.1, 0.15) is 29.3 Å². The van der Waals surface area contributed by atoms with Gasteiger partial charge in [0.05, 0.1) is 28.9 Å². The lowest BCUT2D eigenvalue weighted by molar-refractivity contribution is -0.144. The number of nitrogens with zero attached hydrogens (tertiary/aromatic N) is 3. The molecule has 1 aromatic carbocycles. The van der Waals surface area contributed by atoms with Crippen LogP contribution in [0.25, 0.3) is 22.3 Å². The molecule has 3 aromatic rings. The number of aromatic nitrogens is 3. The first-order valence-electron chi connectivity index (χ1n) is 8.80. The van der Waals surface area contributed by atoms with E-state index in [1.807, 2.05) is 19.9 Å². The van der Waals surface area contributed by atoms with Gasteiger partial charge in [-0.1, -0.05) is 12.1 Å². The lowest BCUT2D eigenvalue weighted by Gasteiger charge is -2.12. The number of pyridine rings is 1. The van der Waals surface area contributed by atoms with Crippen molar-refractivity contribution in [1.29, 1.82) is 0 Å². The number of hydrogen-bond acceptors (Lipinski definition) is 4. The standard InChI is InChI=1S/C20H20F3N3O2/c1-5-28-17(27)10-26-19-18(13(4)25-26)15(20(21,22)23)9-16(24-19)14-7-6-11(2)12(3)8-14/h6-9H,5,10H2,1-4H3. The quantitative estimate of drug-likeness (QED) is 0.610. The van der Waals surface area contributed by atoms with Crippen LogP contribution < -0.4 is 0 Å². The highest BCUT2D eigenvalue weighted by Gasteiger charge is 2.36. The van der Waals surface area contributed by atoms with E-state index in [-0.39, 0.29) is 35.6 Å². The maximum absolute atomic E-state index is 13.8. The fraction of sp³-hybridized carbons (Fsp3) is 0.350. The Balaban J connectivity index is 2.26. The topological polar surface area (TPSA) is 57.0 Å². The molecular formula is C20H20F3N3O2. The minimum atomic E-state index is -4.59. The van der Waals surface area contributed by atoms with E-state index in [0.717, 1.165) is 17.2 Å². The van der Waals surface area contributed by atoms with Crippen LogP contribution in [0.15, 0.2) is 24.3 Å². The number of benzene rings is 1. The summed E-state index contributed by atoms with van der Waals surface area (Å²) in [6, 6.07) is 6.40. The molecule has 0 saturated carbocycles. The summed E-state index contributed by atoms with van der Waals surface area (Å²) in [5, 5.41) is 4.00. The largest absolute Gasteiger partial charge is 0.465 e. The summed E-state index contributed by atoms with van der Waals surface area (Å²) < 4.78 is 47.4. The van der Waals surface area contributed by atoms with Crippen LogP contribution in [0.5, 0.6) is 0 Å². The summed E-state index contributed by atoms with van der Waals surface area (Å²) in [7, 11) is 0. The van der Waals surface area contributed by atoms with Crippen molar-refractivity contribution >= 4 is 17.0 Å². The molecule has 5 nitrogen and oxygen atoms in total. The number of carbonyl (C=O) groups is 1. The third kappa shape index (κ3) is 3.72. The van der Waals surface area contributed by atoms with E-state index < -0.39 is 17.7 Å². The predicted octanol–water partition coefficient (Wildman–Crippen LogP) is 4.61. The molecule has 148 valence electrons. The Labute approximate surface area is 160 Å². The van der Waals surface area contributed by atoms with Crippen LogP contribution in [-0.2, 0) is 22.3 Å². The van der Waals surface area contributed by atoms with E-state index in [1.54, 1.807) is 19.1 Å². The van der Waals surface area contributed by atoms with Gasteiger partial charge in [-0.3, -0.25) is 4.79 Å². The number of ether oxygens (including phenoxy) is 1. The average Bonchev–Trinajstić information content (AvgIpc) is 2.91. The summed E-state index contributed by atoms with van der Waals surface area (Å²) in [4.78, 5) is 16.3. The molecule has 0 N–H and O–H groups in total. The van der Waals surface area contributed by atoms with Crippen LogP contribution in [-0.4, -0.2) is 27.3 Å². The Bertz CT molecular complexity index is 1060. The number of hydrogen-bond donors (Lipinski definition) is 0. The molecule has 28 heavy (non-hydrogen) atoms. The van der Waals surface area contributed by atoms with E-state index in [2.05, 4.69) is 10.1 Å². The van der Waals surface area contributed by atoms with Crippen molar-refractivity contribution in [2.45, 2.75) is 40.4 Å². The minimum absolute atomic E-state index is 0.00797. The Morgan fingerprint density at radius 1 is 1.14 bits per heavy atom. The maximum atomic E-state index is 13.8. The van der Waals surface area contributed by atoms with E-state index in [1.165, 1.54) is 11.6 Å². The highest BCUT2D eigenvalue weighted by Crippen LogP contribution is 2.38. The molecule has 0 aliphatic carbocycles. The molecule has 0 spiro atoms. The molecule has 0 aliphatic heterocycles. The zero-order valence-electron chi connectivity index (χ0n) is 16.0. The second kappa shape index (κ2) is 7.26. The van der Waals surface area contributed by atoms with Crippen LogP contribution in [0.4, 0.5) is 13.2 Å². The summed E-state index contributed by atoms with van der Waals surface area (Å²) in [5.41, 5.74) is 2.07. The molecule has 0 bridgehead atoms. The SMILES string of the molecule is CCOC(=O)Cn1nc(C)c2c(C(F)(F)F)cc(-c3ccc(C)c(C)c3)nc21. The summed E-state index contributed by atoms with van der Waals surface area (Å²) >= 11 is 0. The van der Waals surface area contributed by atoms with Gasteiger partial charge in [-0.25, -0.2) is 9.67 Å². The normalized spacial score (nSPS) is 11.8. The number of rotatable bonds is 4. The van der Waals surface area contributed by atoms with Crippen molar-refractivity contribution in [1.82, 2.24) is 14.8 Å². The highest BCUT2D eigenvalue weighted by molar-refractivity contribution is 5.86. The number of aryl methyl sites for hydroxylation is 3. The van der Waals surface area contributed by atoms with Gasteiger partial charge in [-0.15, -0.1) is 0 Å². The zero-order chi connectivity index (χ0) is 20.6.